The molecule has 0 aliphatic heterocycles. The van der Waals surface area contributed by atoms with Crippen LogP contribution in [0.5, 0.6) is 0 Å². The van der Waals surface area contributed by atoms with Crippen molar-refractivity contribution in [1.82, 2.24) is 0 Å². The number of hydrogen-bond donors (Lipinski definition) is 3. The van der Waals surface area contributed by atoms with Gasteiger partial charge in [-0.05, 0) is 17.2 Å². The van der Waals surface area contributed by atoms with Crippen LogP contribution in [0.25, 0.3) is 0 Å². The van der Waals surface area contributed by atoms with Gasteiger partial charge >= 0.3 is 0 Å². The Morgan fingerprint density at radius 1 is 1.33 bits per heavy atom. The highest BCUT2D eigenvalue weighted by Gasteiger charge is 2.16. The summed E-state index contributed by atoms with van der Waals surface area (Å²) in [5.74, 6) is 2.00. The van der Waals surface area contributed by atoms with Gasteiger partial charge in [0.15, 0.2) is 0 Å². The van der Waals surface area contributed by atoms with Crippen LogP contribution in [-0.2, 0) is 0 Å². The van der Waals surface area contributed by atoms with Crippen molar-refractivity contribution in [2.45, 2.75) is 12.8 Å². The number of benzene rings is 1. The van der Waals surface area contributed by atoms with Crippen molar-refractivity contribution in [3.63, 3.8) is 0 Å². The van der Waals surface area contributed by atoms with Crippen LogP contribution >= 0.6 is 11.8 Å². The summed E-state index contributed by atoms with van der Waals surface area (Å²) in [5, 5.41) is 20.9. The molecule has 0 aliphatic rings. The van der Waals surface area contributed by atoms with Crippen molar-refractivity contribution in [1.29, 1.82) is 0 Å². The van der Waals surface area contributed by atoms with Gasteiger partial charge in [0.05, 0.1) is 5.92 Å². The molecule has 4 nitrogen and oxygen atoms in total. The van der Waals surface area contributed by atoms with Gasteiger partial charge in [0.2, 0.25) is 0 Å². The van der Waals surface area contributed by atoms with Crippen LogP contribution in [0.3, 0.4) is 0 Å². The van der Waals surface area contributed by atoms with E-state index >= 15 is 0 Å². The molecule has 0 radical (unpaired) electrons. The first kappa shape index (κ1) is 14.9. The van der Waals surface area contributed by atoms with E-state index in [1.54, 1.807) is 11.8 Å². The van der Waals surface area contributed by atoms with Crippen LogP contribution in [0.1, 0.15) is 18.4 Å². The number of thioether (sulfide) groups is 1. The van der Waals surface area contributed by atoms with Crippen LogP contribution in [-0.4, -0.2) is 34.3 Å². The first-order valence-corrected chi connectivity index (χ1v) is 7.05. The van der Waals surface area contributed by atoms with E-state index in [0.29, 0.717) is 0 Å². The van der Waals surface area contributed by atoms with E-state index in [0.717, 1.165) is 17.1 Å². The highest BCUT2D eigenvalue weighted by Crippen LogP contribution is 2.22. The fraction of sp³-hybridized carbons (Fsp3) is 0.462. The fourth-order valence-electron chi connectivity index (χ4n) is 1.55. The second-order valence-electron chi connectivity index (χ2n) is 4.31. The average molecular weight is 268 g/mol. The van der Waals surface area contributed by atoms with E-state index in [9.17, 15) is 0 Å². The van der Waals surface area contributed by atoms with Crippen LogP contribution in [0.2, 0.25) is 0 Å². The summed E-state index contributed by atoms with van der Waals surface area (Å²) in [5.41, 5.74) is 6.77. The number of nitrogens with two attached hydrogens (primary N) is 1. The Morgan fingerprint density at radius 3 is 2.56 bits per heavy atom. The Balaban J connectivity index is 2.63. The van der Waals surface area contributed by atoms with Gasteiger partial charge in [0.1, 0.15) is 5.84 Å². The molecule has 1 aromatic carbocycles. The topological polar surface area (TPSA) is 78.8 Å². The molecule has 0 heterocycles. The largest absolute Gasteiger partial charge is 0.409 e. The molecule has 0 saturated carbocycles. The standard InChI is InChI=1S/C13H20N2O2S/c1-10(7-16)8-18-9-12(13(14)15-17)11-5-3-2-4-6-11/h2-6,10,12,16-17H,7-9H2,1H3,(H2,14,15). The maximum atomic E-state index is 8.97. The zero-order valence-electron chi connectivity index (χ0n) is 10.5. The Kier molecular flexibility index (Phi) is 6.60. The Bertz CT molecular complexity index is 371. The van der Waals surface area contributed by atoms with Crippen LogP contribution in [0.4, 0.5) is 0 Å². The van der Waals surface area contributed by atoms with Crippen molar-refractivity contribution < 1.29 is 10.3 Å². The molecule has 0 aromatic heterocycles. The molecule has 2 unspecified atom stereocenters. The minimum atomic E-state index is -0.0907. The minimum Gasteiger partial charge on any atom is -0.409 e. The fourth-order valence-corrected chi connectivity index (χ4v) is 2.79. The highest BCUT2D eigenvalue weighted by atomic mass is 32.2. The number of rotatable bonds is 7. The molecule has 100 valence electrons. The van der Waals surface area contributed by atoms with Crippen molar-refractivity contribution in [2.75, 3.05) is 18.1 Å². The van der Waals surface area contributed by atoms with E-state index in [1.807, 2.05) is 37.3 Å². The quantitative estimate of drug-likeness (QED) is 0.305. The van der Waals surface area contributed by atoms with Crippen molar-refractivity contribution in [2.24, 2.45) is 16.8 Å². The maximum absolute atomic E-state index is 8.97. The van der Waals surface area contributed by atoms with E-state index < -0.39 is 0 Å². The predicted octanol–water partition coefficient (Wildman–Crippen LogP) is 1.88. The minimum absolute atomic E-state index is 0.0907. The van der Waals surface area contributed by atoms with E-state index in [-0.39, 0.29) is 24.3 Å². The predicted molar refractivity (Wildman–Crippen MR) is 76.2 cm³/mol. The second-order valence-corrected chi connectivity index (χ2v) is 5.39. The zero-order chi connectivity index (χ0) is 13.4. The monoisotopic (exact) mass is 268 g/mol. The molecule has 4 N–H and O–H groups in total. The van der Waals surface area contributed by atoms with Gasteiger partial charge in [-0.3, -0.25) is 0 Å². The van der Waals surface area contributed by atoms with Crippen LogP contribution < -0.4 is 5.73 Å². The molecule has 5 heteroatoms. The molecule has 0 aliphatic carbocycles. The normalized spacial score (nSPS) is 15.3. The zero-order valence-corrected chi connectivity index (χ0v) is 11.3. The van der Waals surface area contributed by atoms with E-state index in [4.69, 9.17) is 16.0 Å². The lowest BCUT2D eigenvalue weighted by Crippen LogP contribution is -2.24. The molecule has 1 aromatic rings. The van der Waals surface area contributed by atoms with Crippen molar-refractivity contribution in [3.8, 4) is 0 Å². The first-order valence-electron chi connectivity index (χ1n) is 5.90. The van der Waals surface area contributed by atoms with Gasteiger partial charge in [0, 0.05) is 12.4 Å². The summed E-state index contributed by atoms with van der Waals surface area (Å²) in [6.07, 6.45) is 0. The number of hydrogen-bond acceptors (Lipinski definition) is 4. The number of aliphatic hydroxyl groups is 1. The van der Waals surface area contributed by atoms with Crippen molar-refractivity contribution in [3.05, 3.63) is 35.9 Å². The summed E-state index contributed by atoms with van der Waals surface area (Å²) >= 11 is 1.70. The van der Waals surface area contributed by atoms with Gasteiger partial charge < -0.3 is 16.0 Å². The second kappa shape index (κ2) is 8.00. The van der Waals surface area contributed by atoms with E-state index in [1.165, 1.54) is 0 Å². The smallest absolute Gasteiger partial charge is 0.147 e. The molecular formula is C13H20N2O2S. The molecule has 0 spiro atoms. The highest BCUT2D eigenvalue weighted by molar-refractivity contribution is 7.99. The van der Waals surface area contributed by atoms with Gasteiger partial charge in [-0.1, -0.05) is 42.4 Å². The average Bonchev–Trinajstić information content (AvgIpc) is 2.43. The van der Waals surface area contributed by atoms with Crippen LogP contribution in [0.15, 0.2) is 35.5 Å². The number of nitrogens with zero attached hydrogens (tertiary/aromatic N) is 1. The van der Waals surface area contributed by atoms with Crippen LogP contribution in [0, 0.1) is 5.92 Å². The maximum Gasteiger partial charge on any atom is 0.147 e. The first-order chi connectivity index (χ1) is 8.69. The van der Waals surface area contributed by atoms with Gasteiger partial charge in [-0.15, -0.1) is 0 Å². The summed E-state index contributed by atoms with van der Waals surface area (Å²) in [7, 11) is 0. The SMILES string of the molecule is CC(CO)CSCC(C(N)=NO)c1ccccc1. The lowest BCUT2D eigenvalue weighted by Gasteiger charge is -2.16. The molecule has 1 rings (SSSR count). The number of oxime groups is 1. The summed E-state index contributed by atoms with van der Waals surface area (Å²) < 4.78 is 0. The van der Waals surface area contributed by atoms with Gasteiger partial charge in [-0.25, -0.2) is 0 Å². The molecule has 0 amide bonds. The summed E-state index contributed by atoms with van der Waals surface area (Å²) in [4.78, 5) is 0. The molecular weight excluding hydrogens is 248 g/mol. The van der Waals surface area contributed by atoms with Gasteiger partial charge in [0.25, 0.3) is 0 Å². The molecule has 0 bridgehead atoms. The Morgan fingerprint density at radius 2 is 2.00 bits per heavy atom. The third kappa shape index (κ3) is 4.58. The Hall–Kier alpha value is -1.20. The molecule has 0 saturated heterocycles. The molecule has 0 fully saturated rings. The Labute approximate surface area is 112 Å². The molecule has 2 atom stereocenters. The van der Waals surface area contributed by atoms with Crippen molar-refractivity contribution >= 4 is 17.6 Å². The third-order valence-electron chi connectivity index (χ3n) is 2.67. The van der Waals surface area contributed by atoms with Gasteiger partial charge in [-0.2, -0.15) is 11.8 Å². The van der Waals surface area contributed by atoms with E-state index in [2.05, 4.69) is 5.16 Å². The lowest BCUT2D eigenvalue weighted by molar-refractivity contribution is 0.250. The number of amidine groups is 1. The lowest BCUT2D eigenvalue weighted by atomic mass is 10.0. The summed E-state index contributed by atoms with van der Waals surface area (Å²) in [6.45, 7) is 2.18. The summed E-state index contributed by atoms with van der Waals surface area (Å²) in [6, 6.07) is 9.76. The number of aliphatic hydroxyl groups excluding tert-OH is 1. The third-order valence-corrected chi connectivity index (χ3v) is 4.05. The molecule has 18 heavy (non-hydrogen) atoms.